The minimum Gasteiger partial charge on any atom is -0.455 e. The first-order chi connectivity index (χ1) is 29.3. The zero-order chi connectivity index (χ0) is 46.6. The van der Waals surface area contributed by atoms with Gasteiger partial charge in [0.2, 0.25) is 0 Å². The van der Waals surface area contributed by atoms with Crippen molar-refractivity contribution >= 4 is 43.5 Å². The minimum absolute atomic E-state index is 0.541. The number of hydrogen-bond acceptors (Lipinski definition) is 1. The molecule has 0 bridgehead atoms. The van der Waals surface area contributed by atoms with Crippen molar-refractivity contribution in [2.45, 2.75) is 0 Å². The van der Waals surface area contributed by atoms with Gasteiger partial charge in [-0.25, -0.2) is 0 Å². The molecule has 1 heteroatoms. The van der Waals surface area contributed by atoms with Crippen molar-refractivity contribution < 1.29 is 37.3 Å². The third kappa shape index (κ3) is 3.34. The van der Waals surface area contributed by atoms with Crippen molar-refractivity contribution in [3.63, 3.8) is 0 Å². The number of fused-ring (bicyclic) bond motifs is 5. The van der Waals surface area contributed by atoms with Crippen LogP contribution in [0, 0.1) is 0 Å². The molecule has 1 nitrogen and oxygen atoms in total. The highest BCUT2D eigenvalue weighted by atomic mass is 16.3. The van der Waals surface area contributed by atoms with Crippen LogP contribution in [0.15, 0.2) is 149 Å². The predicted octanol–water partition coefficient (Wildman–Crippen LogP) is 10.9. The van der Waals surface area contributed by atoms with Crippen LogP contribution in [-0.4, -0.2) is 0 Å². The van der Waals surface area contributed by atoms with Crippen LogP contribution in [-0.2, 0) is 0 Å². The maximum atomic E-state index is 9.42. The summed E-state index contributed by atoms with van der Waals surface area (Å²) in [5, 5.41) is -3.74. The fraction of sp³-hybridized carbons (Fsp3) is 0. The average Bonchev–Trinajstić information content (AvgIpc) is 3.65. The van der Waals surface area contributed by atoms with Crippen molar-refractivity contribution in [1.29, 1.82) is 0 Å². The van der Waals surface area contributed by atoms with Crippen LogP contribution in [0.1, 0.15) is 32.9 Å². The Balaban J connectivity index is 1.78. The molecule has 0 saturated heterocycles. The highest BCUT2D eigenvalue weighted by Crippen LogP contribution is 2.47. The van der Waals surface area contributed by atoms with Crippen LogP contribution in [0.5, 0.6) is 0 Å². The van der Waals surface area contributed by atoms with Crippen LogP contribution in [0.2, 0.25) is 0 Å². The van der Waals surface area contributed by atoms with E-state index >= 15 is 0 Å². The molecule has 0 N–H and O–H groups in total. The molecule has 39 heavy (non-hydrogen) atoms. The minimum atomic E-state index is -0.946. The SMILES string of the molecule is [2H]c1c([2H])c([2H])c(-c2c([2H])c([2H])c([2H])c3c2oc2c([2H])c([2H])c([2H])c(-c4c5c([2H])c([2H])c([2H])c([2H])c5c(-c5c([2H])c([2H])c([2H])c([2H])c5[2H])c5c([2H])c([2H])c([2H])c([2H])c45)c23)c([2H])c1[2H]. The lowest BCUT2D eigenvalue weighted by molar-refractivity contribution is 0.670. The zero-order valence-electron chi connectivity index (χ0n) is 43.4. The monoisotopic (exact) mass is 520 g/mol. The molecule has 1 heterocycles. The molecule has 182 valence electrons. The molecule has 0 spiro atoms. The average molecular weight is 521 g/mol. The van der Waals surface area contributed by atoms with Gasteiger partial charge in [-0.05, 0) is 55.4 Å². The molecule has 0 amide bonds. The van der Waals surface area contributed by atoms with Gasteiger partial charge in [0.1, 0.15) is 11.2 Å². The van der Waals surface area contributed by atoms with E-state index in [0.29, 0.717) is 0 Å². The van der Waals surface area contributed by atoms with Crippen LogP contribution < -0.4 is 0 Å². The molecule has 0 radical (unpaired) electrons. The van der Waals surface area contributed by atoms with Crippen molar-refractivity contribution in [2.75, 3.05) is 0 Å². The normalized spacial score (nSPS) is 20.2. The Hall–Kier alpha value is -5.14. The molecule has 1 aromatic heterocycles. The summed E-state index contributed by atoms with van der Waals surface area (Å²) in [5.74, 6) is 0. The molecule has 7 aromatic carbocycles. The Labute approximate surface area is 260 Å². The molecular weight excluding hydrogens is 472 g/mol. The van der Waals surface area contributed by atoms with E-state index in [1.165, 1.54) is 0 Å². The van der Waals surface area contributed by atoms with E-state index in [1.54, 1.807) is 0 Å². The van der Waals surface area contributed by atoms with Crippen LogP contribution in [0.25, 0.3) is 76.9 Å². The second-order valence-corrected chi connectivity index (χ2v) is 8.26. The van der Waals surface area contributed by atoms with Crippen molar-refractivity contribution in [3.05, 3.63) is 145 Å². The summed E-state index contributed by atoms with van der Waals surface area (Å²) in [6.45, 7) is 0. The highest BCUT2D eigenvalue weighted by molar-refractivity contribution is 6.26. The van der Waals surface area contributed by atoms with Gasteiger partial charge in [0.15, 0.2) is 0 Å². The second-order valence-electron chi connectivity index (χ2n) is 8.26. The Bertz CT molecular complexity index is 3360. The van der Waals surface area contributed by atoms with E-state index in [1.807, 2.05) is 0 Å². The molecule has 0 fully saturated rings. The van der Waals surface area contributed by atoms with Crippen LogP contribution in [0.4, 0.5) is 0 Å². The summed E-state index contributed by atoms with van der Waals surface area (Å²) >= 11 is 0. The third-order valence-electron chi connectivity index (χ3n) is 6.25. The summed E-state index contributed by atoms with van der Waals surface area (Å²) in [6.07, 6.45) is 0. The number of benzene rings is 7. The smallest absolute Gasteiger partial charge is 0.143 e. The molecule has 0 atom stereocenters. The van der Waals surface area contributed by atoms with E-state index in [2.05, 4.69) is 0 Å². The molecule has 0 aliphatic rings. The summed E-state index contributed by atoms with van der Waals surface area (Å²) < 4.78 is 217. The first kappa shape index (κ1) is 8.69. The summed E-state index contributed by atoms with van der Waals surface area (Å²) in [5.41, 5.74) is -5.27. The third-order valence-corrected chi connectivity index (χ3v) is 6.25. The lowest BCUT2D eigenvalue weighted by atomic mass is 9.85. The molecule has 0 saturated carbocycles. The first-order valence-electron chi connectivity index (χ1n) is 23.4. The molecule has 8 rings (SSSR count). The fourth-order valence-corrected chi connectivity index (χ4v) is 4.72. The molecule has 0 aliphatic heterocycles. The van der Waals surface area contributed by atoms with Gasteiger partial charge in [0, 0.05) is 16.3 Å². The van der Waals surface area contributed by atoms with E-state index in [-0.39, 0.29) is 0 Å². The Kier molecular flexibility index (Phi) is 1.94. The maximum absolute atomic E-state index is 9.42. The van der Waals surface area contributed by atoms with E-state index in [4.69, 9.17) is 30.5 Å². The Morgan fingerprint density at radius 2 is 0.872 bits per heavy atom. The number of furan rings is 1. The van der Waals surface area contributed by atoms with E-state index in [0.717, 1.165) is 0 Å². The first-order valence-corrected chi connectivity index (χ1v) is 11.4. The van der Waals surface area contributed by atoms with Crippen molar-refractivity contribution in [3.8, 4) is 33.4 Å². The van der Waals surface area contributed by atoms with Gasteiger partial charge in [-0.1, -0.05) is 139 Å². The van der Waals surface area contributed by atoms with Crippen molar-refractivity contribution in [2.24, 2.45) is 0 Å². The van der Waals surface area contributed by atoms with Gasteiger partial charge in [-0.15, -0.1) is 0 Å². The van der Waals surface area contributed by atoms with Gasteiger partial charge < -0.3 is 4.42 Å². The molecular formula is C38H24O. The second kappa shape index (κ2) is 8.72. The topological polar surface area (TPSA) is 13.1 Å². The quantitative estimate of drug-likeness (QED) is 0.211. The zero-order valence-corrected chi connectivity index (χ0v) is 19.4. The lowest BCUT2D eigenvalue weighted by Gasteiger charge is -2.18. The van der Waals surface area contributed by atoms with E-state index in [9.17, 15) is 6.85 Å². The largest absolute Gasteiger partial charge is 0.455 e. The van der Waals surface area contributed by atoms with Crippen molar-refractivity contribution in [1.82, 2.24) is 0 Å². The van der Waals surface area contributed by atoms with Gasteiger partial charge >= 0.3 is 0 Å². The molecule has 8 aromatic rings. The standard InChI is InChI=1S/C38H24O/c1-3-13-25(14-4-1)27-21-11-23-33-37-32(22-12-24-34(37)39-38(27)33)36-30-19-9-7-17-28(30)35(26-15-5-2-6-16-26)29-18-8-10-20-31(29)36/h1-24H/i1D,2D,3D,4D,5D,6D,7D,8D,9D,10D,11D,12D,13D,14D,15D,16D,17D,18D,19D,20D,21D,22D,23D,24D. The number of para-hydroxylation sites is 1. The van der Waals surface area contributed by atoms with E-state index < -0.39 is 222 Å². The summed E-state index contributed by atoms with van der Waals surface area (Å²) in [6, 6.07) is -21.6. The Morgan fingerprint density at radius 3 is 1.51 bits per heavy atom. The van der Waals surface area contributed by atoms with Gasteiger partial charge in [0.05, 0.1) is 32.9 Å². The van der Waals surface area contributed by atoms with Gasteiger partial charge in [-0.3, -0.25) is 0 Å². The van der Waals surface area contributed by atoms with Gasteiger partial charge in [-0.2, -0.15) is 0 Å². The summed E-state index contributed by atoms with van der Waals surface area (Å²) in [7, 11) is 0. The summed E-state index contributed by atoms with van der Waals surface area (Å²) in [4.78, 5) is 0. The molecule has 0 aliphatic carbocycles. The maximum Gasteiger partial charge on any atom is 0.143 e. The number of hydrogen-bond donors (Lipinski definition) is 0. The Morgan fingerprint density at radius 1 is 0.385 bits per heavy atom. The van der Waals surface area contributed by atoms with Gasteiger partial charge in [0.25, 0.3) is 0 Å². The van der Waals surface area contributed by atoms with Crippen LogP contribution in [0.3, 0.4) is 0 Å². The number of rotatable bonds is 3. The highest BCUT2D eigenvalue weighted by Gasteiger charge is 2.20. The predicted molar refractivity (Wildman–Crippen MR) is 165 cm³/mol. The lowest BCUT2D eigenvalue weighted by Crippen LogP contribution is -1.91. The van der Waals surface area contributed by atoms with Crippen LogP contribution >= 0.6 is 0 Å². The fourth-order valence-electron chi connectivity index (χ4n) is 4.72. The molecule has 0 unspecified atom stereocenters.